The molecule has 0 aliphatic carbocycles. The minimum atomic E-state index is -0.0399. The van der Waals surface area contributed by atoms with Gasteiger partial charge >= 0.3 is 0 Å². The lowest BCUT2D eigenvalue weighted by Gasteiger charge is -2.09. The quantitative estimate of drug-likeness (QED) is 0.420. The van der Waals surface area contributed by atoms with Gasteiger partial charge in [-0.15, -0.1) is 0 Å². The van der Waals surface area contributed by atoms with Gasteiger partial charge in [-0.05, 0) is 50.6 Å². The Bertz CT molecular complexity index is 1130. The van der Waals surface area contributed by atoms with E-state index >= 15 is 0 Å². The maximum atomic E-state index is 12.7. The summed E-state index contributed by atoms with van der Waals surface area (Å²) < 4.78 is 2.47. The monoisotopic (exact) mass is 419 g/mol. The van der Waals surface area contributed by atoms with E-state index in [0.29, 0.717) is 15.8 Å². The predicted octanol–water partition coefficient (Wildman–Crippen LogP) is 5.38. The Morgan fingerprint density at radius 3 is 2.59 bits per heavy atom. The van der Waals surface area contributed by atoms with E-state index in [9.17, 15) is 4.79 Å². The summed E-state index contributed by atoms with van der Waals surface area (Å²) in [5, 5.41) is 4.88. The van der Waals surface area contributed by atoms with Crippen LogP contribution in [0.25, 0.3) is 23.0 Å². The molecular weight excluding hydrogens is 398 g/mol. The first kappa shape index (κ1) is 19.6. The Morgan fingerprint density at radius 2 is 1.90 bits per heavy atom. The number of carbonyl (C=O) groups excluding carboxylic acids is 1. The minimum absolute atomic E-state index is 0.0399. The smallest absolute Gasteiger partial charge is 0.266 e. The summed E-state index contributed by atoms with van der Waals surface area (Å²) in [6, 6.07) is 16.3. The number of aryl methyl sites for hydroxylation is 2. The van der Waals surface area contributed by atoms with Gasteiger partial charge in [0, 0.05) is 23.9 Å². The van der Waals surface area contributed by atoms with Gasteiger partial charge in [0.2, 0.25) is 0 Å². The van der Waals surface area contributed by atoms with E-state index in [4.69, 9.17) is 17.3 Å². The molecule has 1 aliphatic rings. The first-order valence-electron chi connectivity index (χ1n) is 9.46. The van der Waals surface area contributed by atoms with Crippen molar-refractivity contribution in [3.05, 3.63) is 76.3 Å². The third-order valence-corrected chi connectivity index (χ3v) is 6.27. The lowest BCUT2D eigenvalue weighted by molar-refractivity contribution is -0.121. The molecular formula is C23H21N3OS2. The highest BCUT2D eigenvalue weighted by Crippen LogP contribution is 2.35. The summed E-state index contributed by atoms with van der Waals surface area (Å²) in [6.07, 6.45) is 3.89. The summed E-state index contributed by atoms with van der Waals surface area (Å²) >= 11 is 6.71. The molecule has 1 amide bonds. The molecule has 2 heterocycles. The molecule has 4 rings (SSSR count). The van der Waals surface area contributed by atoms with Gasteiger partial charge < -0.3 is 0 Å². The number of hydrogen-bond acceptors (Lipinski definition) is 4. The molecule has 29 heavy (non-hydrogen) atoms. The second-order valence-electron chi connectivity index (χ2n) is 6.96. The zero-order valence-corrected chi connectivity index (χ0v) is 18.2. The van der Waals surface area contributed by atoms with Gasteiger partial charge in [0.25, 0.3) is 5.91 Å². The SMILES string of the molecule is CCN1C(=O)/C(=C\c2cn(-c3ccccc3)nc2-c2cc(C)ccc2C)SC1=S. The molecule has 0 N–H and O–H groups in total. The first-order valence-corrected chi connectivity index (χ1v) is 10.7. The number of benzene rings is 2. The van der Waals surface area contributed by atoms with Crippen molar-refractivity contribution in [2.75, 3.05) is 6.54 Å². The topological polar surface area (TPSA) is 38.1 Å². The average molecular weight is 420 g/mol. The third kappa shape index (κ3) is 3.78. The molecule has 3 aromatic rings. The van der Waals surface area contributed by atoms with Crippen LogP contribution in [0.3, 0.4) is 0 Å². The number of thioether (sulfide) groups is 1. The van der Waals surface area contributed by atoms with Gasteiger partial charge in [-0.25, -0.2) is 4.68 Å². The molecule has 0 atom stereocenters. The Labute approximate surface area is 180 Å². The van der Waals surface area contributed by atoms with Crippen molar-refractivity contribution >= 4 is 40.3 Å². The molecule has 0 saturated carbocycles. The van der Waals surface area contributed by atoms with E-state index in [-0.39, 0.29) is 5.91 Å². The number of rotatable bonds is 4. The maximum absolute atomic E-state index is 12.7. The highest BCUT2D eigenvalue weighted by molar-refractivity contribution is 8.26. The van der Waals surface area contributed by atoms with Crippen LogP contribution in [0, 0.1) is 13.8 Å². The van der Waals surface area contributed by atoms with Crippen molar-refractivity contribution < 1.29 is 4.79 Å². The van der Waals surface area contributed by atoms with Crippen molar-refractivity contribution in [3.63, 3.8) is 0 Å². The zero-order valence-electron chi connectivity index (χ0n) is 16.5. The van der Waals surface area contributed by atoms with E-state index in [1.54, 1.807) is 4.90 Å². The largest absolute Gasteiger partial charge is 0.293 e. The lowest BCUT2D eigenvalue weighted by Crippen LogP contribution is -2.27. The van der Waals surface area contributed by atoms with Gasteiger partial charge in [-0.2, -0.15) is 5.10 Å². The Kier molecular flexibility index (Phi) is 5.39. The number of amides is 1. The molecule has 1 aromatic heterocycles. The van der Waals surface area contributed by atoms with Crippen LogP contribution in [-0.4, -0.2) is 31.5 Å². The van der Waals surface area contributed by atoms with Crippen molar-refractivity contribution in [3.8, 4) is 16.9 Å². The Hall–Kier alpha value is -2.70. The fourth-order valence-corrected chi connectivity index (χ4v) is 4.70. The summed E-state index contributed by atoms with van der Waals surface area (Å²) in [5.41, 5.74) is 6.11. The number of nitrogens with zero attached hydrogens (tertiary/aromatic N) is 3. The average Bonchev–Trinajstić information content (AvgIpc) is 3.25. The molecule has 0 spiro atoms. The van der Waals surface area contributed by atoms with Gasteiger partial charge in [-0.1, -0.05) is 59.9 Å². The molecule has 2 aromatic carbocycles. The zero-order chi connectivity index (χ0) is 20.5. The Balaban J connectivity index is 1.87. The second kappa shape index (κ2) is 7.97. The van der Waals surface area contributed by atoms with Crippen LogP contribution in [0.1, 0.15) is 23.6 Å². The van der Waals surface area contributed by atoms with E-state index in [1.165, 1.54) is 17.3 Å². The van der Waals surface area contributed by atoms with E-state index in [1.807, 2.05) is 54.2 Å². The molecule has 1 saturated heterocycles. The number of para-hydroxylation sites is 1. The van der Waals surface area contributed by atoms with Gasteiger partial charge in [0.15, 0.2) is 0 Å². The number of carbonyl (C=O) groups is 1. The Morgan fingerprint density at radius 1 is 1.14 bits per heavy atom. The van der Waals surface area contributed by atoms with Gasteiger partial charge in [0.1, 0.15) is 10.0 Å². The molecule has 0 unspecified atom stereocenters. The fourth-order valence-electron chi connectivity index (χ4n) is 3.32. The van der Waals surface area contributed by atoms with Crippen molar-refractivity contribution in [1.82, 2.24) is 14.7 Å². The number of likely N-dealkylation sites (N-methyl/N-ethyl adjacent to an activating group) is 1. The van der Waals surface area contributed by atoms with E-state index < -0.39 is 0 Å². The molecule has 6 heteroatoms. The molecule has 1 fully saturated rings. The summed E-state index contributed by atoms with van der Waals surface area (Å²) in [6.45, 7) is 6.66. The van der Waals surface area contributed by atoms with Crippen LogP contribution in [0.4, 0.5) is 0 Å². The maximum Gasteiger partial charge on any atom is 0.266 e. The van der Waals surface area contributed by atoms with Crippen LogP contribution in [0.2, 0.25) is 0 Å². The molecule has 146 valence electrons. The lowest BCUT2D eigenvalue weighted by atomic mass is 10.0. The van der Waals surface area contributed by atoms with Crippen LogP contribution >= 0.6 is 24.0 Å². The fraction of sp³-hybridized carbons (Fsp3) is 0.174. The van der Waals surface area contributed by atoms with Crippen molar-refractivity contribution in [1.29, 1.82) is 0 Å². The molecule has 0 radical (unpaired) electrons. The van der Waals surface area contributed by atoms with Gasteiger partial charge in [-0.3, -0.25) is 9.69 Å². The summed E-state index contributed by atoms with van der Waals surface area (Å²) in [7, 11) is 0. The predicted molar refractivity (Wildman–Crippen MR) is 124 cm³/mol. The van der Waals surface area contributed by atoms with Crippen molar-refractivity contribution in [2.24, 2.45) is 0 Å². The first-order chi connectivity index (χ1) is 14.0. The normalized spacial score (nSPS) is 15.6. The minimum Gasteiger partial charge on any atom is -0.293 e. The number of hydrogen-bond donors (Lipinski definition) is 0. The third-order valence-electron chi connectivity index (χ3n) is 4.89. The van der Waals surface area contributed by atoms with Gasteiger partial charge in [0.05, 0.1) is 10.6 Å². The standard InChI is InChI=1S/C23H21N3OS2/c1-4-25-22(27)20(29-23(25)28)13-17-14-26(18-8-6-5-7-9-18)24-21(17)19-12-15(2)10-11-16(19)3/h5-14H,4H2,1-3H3/b20-13+. The van der Waals surface area contributed by atoms with Crippen LogP contribution < -0.4 is 0 Å². The van der Waals surface area contributed by atoms with Crippen molar-refractivity contribution in [2.45, 2.75) is 20.8 Å². The summed E-state index contributed by atoms with van der Waals surface area (Å²) in [4.78, 5) is 15.0. The molecule has 4 nitrogen and oxygen atoms in total. The molecule has 0 bridgehead atoms. The summed E-state index contributed by atoms with van der Waals surface area (Å²) in [5.74, 6) is -0.0399. The van der Waals surface area contributed by atoms with Crippen LogP contribution in [-0.2, 0) is 4.79 Å². The number of aromatic nitrogens is 2. The number of thiocarbonyl (C=S) groups is 1. The van der Waals surface area contributed by atoms with E-state index in [0.717, 1.165) is 28.1 Å². The van der Waals surface area contributed by atoms with E-state index in [2.05, 4.69) is 32.0 Å². The molecule has 1 aliphatic heterocycles. The van der Waals surface area contributed by atoms with Crippen LogP contribution in [0.15, 0.2) is 59.6 Å². The highest BCUT2D eigenvalue weighted by Gasteiger charge is 2.31. The van der Waals surface area contributed by atoms with Crippen LogP contribution in [0.5, 0.6) is 0 Å². The highest BCUT2D eigenvalue weighted by atomic mass is 32.2. The second-order valence-corrected chi connectivity index (χ2v) is 8.63.